The molecule has 4 nitrogen and oxygen atoms in total. The number of carbonyl (C=O) groups excluding carboxylic acids is 1. The zero-order chi connectivity index (χ0) is 11.3. The van der Waals surface area contributed by atoms with Gasteiger partial charge in [0.15, 0.2) is 0 Å². The fourth-order valence-electron chi connectivity index (χ4n) is 0.946. The number of nitrogens with one attached hydrogen (secondary N) is 1. The maximum Gasteiger partial charge on any atom is 0.330 e. The Morgan fingerprint density at radius 3 is 3.07 bits per heavy atom. The Morgan fingerprint density at radius 1 is 1.67 bits per heavy atom. The minimum absolute atomic E-state index is 0.251. The summed E-state index contributed by atoms with van der Waals surface area (Å²) in [6.45, 7) is 2.04. The molecule has 0 fully saturated rings. The second-order valence-electron chi connectivity index (χ2n) is 2.69. The molecule has 1 rings (SSSR count). The lowest BCUT2D eigenvalue weighted by Crippen LogP contribution is -2.08. The van der Waals surface area contributed by atoms with Gasteiger partial charge in [0.05, 0.1) is 6.61 Å². The van der Waals surface area contributed by atoms with Crippen LogP contribution in [0.4, 0.5) is 0 Å². The van der Waals surface area contributed by atoms with Gasteiger partial charge in [-0.25, -0.2) is 4.79 Å². The quantitative estimate of drug-likeness (QED) is 0.673. The second-order valence-corrected chi connectivity index (χ2v) is 3.60. The number of halogens is 1. The number of hydrogen-bond donors (Lipinski definition) is 1. The molecule has 0 spiro atoms. The van der Waals surface area contributed by atoms with Crippen LogP contribution in [0.2, 0.25) is 0 Å². The van der Waals surface area contributed by atoms with Crippen molar-refractivity contribution >= 4 is 28.0 Å². The van der Waals surface area contributed by atoms with Crippen molar-refractivity contribution in [3.8, 4) is 0 Å². The molecule has 0 unspecified atom stereocenters. The van der Waals surface area contributed by atoms with Crippen LogP contribution in [0.3, 0.4) is 0 Å². The molecule has 0 aliphatic carbocycles. The fraction of sp³-hybridized carbons (Fsp3) is 0.200. The van der Waals surface area contributed by atoms with Crippen molar-refractivity contribution in [3.05, 3.63) is 38.7 Å². The van der Waals surface area contributed by atoms with Crippen molar-refractivity contribution in [3.63, 3.8) is 0 Å². The molecule has 80 valence electrons. The number of aromatic amines is 1. The number of rotatable bonds is 3. The first-order valence-corrected chi connectivity index (χ1v) is 5.16. The number of aromatic nitrogens is 1. The van der Waals surface area contributed by atoms with Crippen molar-refractivity contribution in [1.29, 1.82) is 0 Å². The smallest absolute Gasteiger partial charge is 0.330 e. The minimum Gasteiger partial charge on any atom is -0.463 e. The van der Waals surface area contributed by atoms with Crippen molar-refractivity contribution in [2.45, 2.75) is 6.92 Å². The molecule has 5 heteroatoms. The number of pyridine rings is 1. The van der Waals surface area contributed by atoms with Crippen LogP contribution in [0.1, 0.15) is 12.5 Å². The first kappa shape index (κ1) is 11.7. The third-order valence-corrected chi connectivity index (χ3v) is 2.04. The summed E-state index contributed by atoms with van der Waals surface area (Å²) in [6, 6.07) is 1.62. The molecule has 0 radical (unpaired) electrons. The van der Waals surface area contributed by atoms with E-state index in [0.717, 1.165) is 4.47 Å². The van der Waals surface area contributed by atoms with Crippen molar-refractivity contribution in [2.75, 3.05) is 6.61 Å². The zero-order valence-corrected chi connectivity index (χ0v) is 9.71. The normalized spacial score (nSPS) is 10.5. The molecule has 1 aromatic rings. The van der Waals surface area contributed by atoms with Crippen molar-refractivity contribution in [1.82, 2.24) is 4.98 Å². The summed E-state index contributed by atoms with van der Waals surface area (Å²) >= 11 is 3.21. The Bertz CT molecular complexity index is 437. The van der Waals surface area contributed by atoms with Gasteiger partial charge in [0.2, 0.25) is 0 Å². The largest absolute Gasteiger partial charge is 0.463 e. The predicted molar refractivity (Wildman–Crippen MR) is 60.4 cm³/mol. The fourth-order valence-corrected chi connectivity index (χ4v) is 1.31. The van der Waals surface area contributed by atoms with E-state index in [1.54, 1.807) is 13.0 Å². The lowest BCUT2D eigenvalue weighted by Gasteiger charge is -1.95. The Labute approximate surface area is 95.1 Å². The first-order valence-electron chi connectivity index (χ1n) is 4.36. The van der Waals surface area contributed by atoms with E-state index in [4.69, 9.17) is 0 Å². The van der Waals surface area contributed by atoms with Gasteiger partial charge < -0.3 is 9.72 Å². The van der Waals surface area contributed by atoms with E-state index in [0.29, 0.717) is 12.2 Å². The third-order valence-electron chi connectivity index (χ3n) is 1.58. The highest BCUT2D eigenvalue weighted by atomic mass is 79.9. The van der Waals surface area contributed by atoms with Gasteiger partial charge in [0.25, 0.3) is 5.56 Å². The van der Waals surface area contributed by atoms with E-state index in [1.807, 2.05) is 0 Å². The second kappa shape index (κ2) is 5.50. The standard InChI is InChI=1S/C10H10BrNO3/c1-2-15-9(13)4-3-7-5-8(11)6-12-10(7)14/h3-6H,2H2,1H3,(H,12,14). The summed E-state index contributed by atoms with van der Waals surface area (Å²) in [5.74, 6) is -0.461. The highest BCUT2D eigenvalue weighted by Gasteiger charge is 1.98. The number of carbonyl (C=O) groups is 1. The summed E-state index contributed by atoms with van der Waals surface area (Å²) in [5, 5.41) is 0. The maximum atomic E-state index is 11.3. The predicted octanol–water partition coefficient (Wildman–Crippen LogP) is 1.71. The van der Waals surface area contributed by atoms with Crippen LogP contribution >= 0.6 is 15.9 Å². The molecule has 0 aliphatic rings. The molecule has 15 heavy (non-hydrogen) atoms. The molecule has 0 saturated heterocycles. The van der Waals surface area contributed by atoms with Gasteiger partial charge in [-0.15, -0.1) is 0 Å². The summed E-state index contributed by atoms with van der Waals surface area (Å²) in [5.41, 5.74) is 0.149. The minimum atomic E-state index is -0.461. The number of ether oxygens (including phenoxy) is 1. The molecule has 1 aromatic heterocycles. The van der Waals surface area contributed by atoms with Gasteiger partial charge in [0.1, 0.15) is 0 Å². The average Bonchev–Trinajstić information content (AvgIpc) is 2.20. The molecule has 0 amide bonds. The summed E-state index contributed by atoms with van der Waals surface area (Å²) in [7, 11) is 0. The van der Waals surface area contributed by atoms with Crippen LogP contribution in [-0.4, -0.2) is 17.6 Å². The van der Waals surface area contributed by atoms with Crippen molar-refractivity contribution < 1.29 is 9.53 Å². The van der Waals surface area contributed by atoms with Crippen LogP contribution < -0.4 is 5.56 Å². The molecular formula is C10H10BrNO3. The van der Waals surface area contributed by atoms with Crippen LogP contribution in [0.15, 0.2) is 27.6 Å². The van der Waals surface area contributed by atoms with Crippen LogP contribution in [0, 0.1) is 0 Å². The number of esters is 1. The lowest BCUT2D eigenvalue weighted by atomic mass is 10.2. The monoisotopic (exact) mass is 271 g/mol. The van der Waals surface area contributed by atoms with Gasteiger partial charge in [-0.05, 0) is 35.0 Å². The molecular weight excluding hydrogens is 262 g/mol. The van der Waals surface area contributed by atoms with Crippen LogP contribution in [-0.2, 0) is 9.53 Å². The summed E-state index contributed by atoms with van der Waals surface area (Å²) in [4.78, 5) is 24.8. The number of hydrogen-bond acceptors (Lipinski definition) is 3. The molecule has 0 saturated carbocycles. The van der Waals surface area contributed by atoms with E-state index >= 15 is 0 Å². The molecule has 0 atom stereocenters. The van der Waals surface area contributed by atoms with E-state index in [-0.39, 0.29) is 5.56 Å². The van der Waals surface area contributed by atoms with Crippen LogP contribution in [0.25, 0.3) is 6.08 Å². The molecule has 1 heterocycles. The van der Waals surface area contributed by atoms with Gasteiger partial charge in [-0.1, -0.05) is 0 Å². The Hall–Kier alpha value is -1.36. The maximum absolute atomic E-state index is 11.3. The van der Waals surface area contributed by atoms with E-state index in [2.05, 4.69) is 25.7 Å². The SMILES string of the molecule is CCOC(=O)C=Cc1cc(Br)c[nH]c1=O. The van der Waals surface area contributed by atoms with Gasteiger partial charge in [-0.3, -0.25) is 4.79 Å². The summed E-state index contributed by atoms with van der Waals surface area (Å²) in [6.07, 6.45) is 4.17. The zero-order valence-electron chi connectivity index (χ0n) is 8.12. The van der Waals surface area contributed by atoms with E-state index in [9.17, 15) is 9.59 Å². The molecule has 0 bridgehead atoms. The van der Waals surface area contributed by atoms with Crippen molar-refractivity contribution in [2.24, 2.45) is 0 Å². The van der Waals surface area contributed by atoms with E-state index < -0.39 is 5.97 Å². The highest BCUT2D eigenvalue weighted by Crippen LogP contribution is 2.07. The topological polar surface area (TPSA) is 59.2 Å². The van der Waals surface area contributed by atoms with E-state index in [1.165, 1.54) is 18.3 Å². The number of H-pyrrole nitrogens is 1. The Balaban J connectivity index is 2.84. The summed E-state index contributed by atoms with van der Waals surface area (Å²) < 4.78 is 5.43. The average molecular weight is 272 g/mol. The Kier molecular flexibility index (Phi) is 4.30. The van der Waals surface area contributed by atoms with Gasteiger partial charge >= 0.3 is 5.97 Å². The van der Waals surface area contributed by atoms with Gasteiger partial charge in [0, 0.05) is 22.3 Å². The highest BCUT2D eigenvalue weighted by molar-refractivity contribution is 9.10. The molecule has 0 aromatic carbocycles. The third kappa shape index (κ3) is 3.71. The molecule has 1 N–H and O–H groups in total. The lowest BCUT2D eigenvalue weighted by molar-refractivity contribution is -0.137. The van der Waals surface area contributed by atoms with Gasteiger partial charge in [-0.2, -0.15) is 0 Å². The molecule has 0 aliphatic heterocycles. The first-order chi connectivity index (χ1) is 7.13. The Morgan fingerprint density at radius 2 is 2.40 bits per heavy atom. The van der Waals surface area contributed by atoms with Crippen LogP contribution in [0.5, 0.6) is 0 Å².